The molecule has 3 aliphatic rings. The normalized spacial score (nSPS) is 21.4. The third-order valence-corrected chi connectivity index (χ3v) is 15.3. The third-order valence-electron chi connectivity index (χ3n) is 15.3. The summed E-state index contributed by atoms with van der Waals surface area (Å²) in [5, 5.41) is 0. The maximum absolute atomic E-state index is 13.4. The predicted octanol–water partition coefficient (Wildman–Crippen LogP) is 14.1. The molecule has 5 amide bonds. The lowest BCUT2D eigenvalue weighted by Gasteiger charge is -2.44. The molecule has 0 N–H and O–H groups in total. The highest BCUT2D eigenvalue weighted by molar-refractivity contribution is 6.12. The molecular formula is C55H97N3O5. The van der Waals surface area contributed by atoms with Crippen molar-refractivity contribution in [3.63, 3.8) is 0 Å². The fraction of sp³-hybridized carbons (Fsp3) is 0.873. The number of likely N-dealkylation sites (tertiary alicyclic amines) is 1. The molecule has 0 bridgehead atoms. The standard InChI is InChI=1S/C55H97N3O5/c1-5-8-11-14-18-24-31-42-56(46(4)59)51-45-54(62)58(55(51)63)44-33-26-20-17-23-30-37-50-48(35-28-21-16-19-25-32-43-57-52(60)40-41-53(57)61)39-38-47(34-27-13-10-7-3)49(50)36-29-22-15-12-9-6-2/h40-41,47-51H,5-39,42-45H2,1-4H3. The van der Waals surface area contributed by atoms with Gasteiger partial charge in [-0.05, 0) is 68.6 Å². The number of amides is 5. The summed E-state index contributed by atoms with van der Waals surface area (Å²) >= 11 is 0. The molecule has 3 rings (SSSR count). The Balaban J connectivity index is 1.45. The topological polar surface area (TPSA) is 95.1 Å². The fourth-order valence-corrected chi connectivity index (χ4v) is 11.5. The molecule has 1 saturated carbocycles. The van der Waals surface area contributed by atoms with Crippen LogP contribution in [0.25, 0.3) is 0 Å². The Labute approximate surface area is 387 Å². The Morgan fingerprint density at radius 3 is 1.30 bits per heavy atom. The molecule has 362 valence electrons. The van der Waals surface area contributed by atoms with Gasteiger partial charge in [0.05, 0.1) is 6.42 Å². The Kier molecular flexibility index (Phi) is 29.5. The SMILES string of the molecule is CCCCCCCCCN(C(C)=O)C1CC(=O)N(CCCCCCCCC2C(CCCCCCCCN3C(=O)C=CC3=O)CCC(CCCCCC)C2CCCCCCCC)C1=O. The van der Waals surface area contributed by atoms with E-state index in [0.29, 0.717) is 19.6 Å². The number of rotatable bonds is 39. The monoisotopic (exact) mass is 880 g/mol. The summed E-state index contributed by atoms with van der Waals surface area (Å²) in [6.45, 7) is 10.0. The van der Waals surface area contributed by atoms with Gasteiger partial charge in [-0.25, -0.2) is 0 Å². The second-order valence-corrected chi connectivity index (χ2v) is 20.2. The number of unbranched alkanes of at least 4 members (excludes halogenated alkanes) is 24. The van der Waals surface area contributed by atoms with Crippen molar-refractivity contribution in [2.24, 2.45) is 23.7 Å². The molecule has 0 radical (unpaired) electrons. The van der Waals surface area contributed by atoms with Crippen molar-refractivity contribution in [1.82, 2.24) is 14.7 Å². The van der Waals surface area contributed by atoms with Crippen LogP contribution in [0.5, 0.6) is 0 Å². The van der Waals surface area contributed by atoms with Gasteiger partial charge in [-0.1, -0.05) is 201 Å². The van der Waals surface area contributed by atoms with Crippen LogP contribution in [0.2, 0.25) is 0 Å². The second kappa shape index (κ2) is 33.9. The third kappa shape index (κ3) is 21.1. The highest BCUT2D eigenvalue weighted by Crippen LogP contribution is 2.48. The van der Waals surface area contributed by atoms with E-state index in [2.05, 4.69) is 20.8 Å². The summed E-state index contributed by atoms with van der Waals surface area (Å²) in [6.07, 6.45) is 47.1. The molecule has 0 spiro atoms. The van der Waals surface area contributed by atoms with Crippen LogP contribution in [-0.2, 0) is 24.0 Å². The van der Waals surface area contributed by atoms with Gasteiger partial charge in [-0.2, -0.15) is 0 Å². The van der Waals surface area contributed by atoms with E-state index >= 15 is 0 Å². The molecule has 1 aliphatic carbocycles. The average molecular weight is 880 g/mol. The second-order valence-electron chi connectivity index (χ2n) is 20.2. The van der Waals surface area contributed by atoms with Crippen molar-refractivity contribution in [3.05, 3.63) is 12.2 Å². The Morgan fingerprint density at radius 2 is 0.857 bits per heavy atom. The van der Waals surface area contributed by atoms with E-state index in [9.17, 15) is 24.0 Å². The Bertz CT molecular complexity index is 1300. The van der Waals surface area contributed by atoms with Crippen LogP contribution in [0.3, 0.4) is 0 Å². The number of carbonyl (C=O) groups is 5. The van der Waals surface area contributed by atoms with Crippen LogP contribution in [0.4, 0.5) is 0 Å². The zero-order valence-corrected chi connectivity index (χ0v) is 41.5. The molecule has 0 aromatic rings. The lowest BCUT2D eigenvalue weighted by molar-refractivity contribution is -0.143. The zero-order valence-electron chi connectivity index (χ0n) is 41.5. The number of hydrogen-bond donors (Lipinski definition) is 0. The summed E-state index contributed by atoms with van der Waals surface area (Å²) < 4.78 is 0. The first-order valence-corrected chi connectivity index (χ1v) is 27.4. The average Bonchev–Trinajstić information content (AvgIpc) is 3.74. The van der Waals surface area contributed by atoms with E-state index in [-0.39, 0.29) is 36.0 Å². The van der Waals surface area contributed by atoms with Gasteiger partial charge in [0.15, 0.2) is 0 Å². The van der Waals surface area contributed by atoms with E-state index in [4.69, 9.17) is 0 Å². The van der Waals surface area contributed by atoms with E-state index < -0.39 is 6.04 Å². The Hall–Kier alpha value is -2.51. The van der Waals surface area contributed by atoms with Crippen molar-refractivity contribution >= 4 is 29.5 Å². The molecule has 2 heterocycles. The first-order valence-electron chi connectivity index (χ1n) is 27.4. The van der Waals surface area contributed by atoms with E-state index in [0.717, 1.165) is 75.0 Å². The maximum atomic E-state index is 13.4. The van der Waals surface area contributed by atoms with Crippen LogP contribution in [0.1, 0.15) is 259 Å². The van der Waals surface area contributed by atoms with Gasteiger partial charge >= 0.3 is 0 Å². The molecule has 5 unspecified atom stereocenters. The maximum Gasteiger partial charge on any atom is 0.253 e. The molecule has 2 fully saturated rings. The van der Waals surface area contributed by atoms with E-state index in [1.165, 1.54) is 202 Å². The molecule has 8 heteroatoms. The molecule has 1 saturated heterocycles. The quantitative estimate of drug-likeness (QED) is 0.0453. The van der Waals surface area contributed by atoms with Gasteiger partial charge in [0.25, 0.3) is 17.7 Å². The van der Waals surface area contributed by atoms with Crippen molar-refractivity contribution in [1.29, 1.82) is 0 Å². The van der Waals surface area contributed by atoms with Gasteiger partial charge in [-0.3, -0.25) is 33.8 Å². The molecule has 0 aromatic carbocycles. The van der Waals surface area contributed by atoms with Gasteiger partial charge in [0, 0.05) is 38.7 Å². The molecule has 2 aliphatic heterocycles. The minimum atomic E-state index is -0.616. The Morgan fingerprint density at radius 1 is 0.492 bits per heavy atom. The van der Waals surface area contributed by atoms with Crippen LogP contribution in [-0.4, -0.2) is 69.9 Å². The first-order chi connectivity index (χ1) is 30.7. The number of carbonyl (C=O) groups excluding carboxylic acids is 5. The number of hydrogen-bond acceptors (Lipinski definition) is 5. The minimum absolute atomic E-state index is 0.0977. The molecule has 5 atom stereocenters. The van der Waals surface area contributed by atoms with Gasteiger partial charge < -0.3 is 4.90 Å². The first kappa shape index (κ1) is 54.8. The number of imide groups is 2. The summed E-state index contributed by atoms with van der Waals surface area (Å²) in [7, 11) is 0. The summed E-state index contributed by atoms with van der Waals surface area (Å²) in [4.78, 5) is 67.2. The molecule has 8 nitrogen and oxygen atoms in total. The van der Waals surface area contributed by atoms with Crippen LogP contribution < -0.4 is 0 Å². The lowest BCUT2D eigenvalue weighted by Crippen LogP contribution is -2.45. The van der Waals surface area contributed by atoms with E-state index in [1.54, 1.807) is 4.90 Å². The highest BCUT2D eigenvalue weighted by Gasteiger charge is 2.42. The van der Waals surface area contributed by atoms with Gasteiger partial charge in [-0.15, -0.1) is 0 Å². The summed E-state index contributed by atoms with van der Waals surface area (Å²) in [5.74, 6) is 2.81. The van der Waals surface area contributed by atoms with Crippen molar-refractivity contribution in [2.45, 2.75) is 265 Å². The lowest BCUT2D eigenvalue weighted by atomic mass is 9.61. The largest absolute Gasteiger partial charge is 0.330 e. The predicted molar refractivity (Wildman–Crippen MR) is 261 cm³/mol. The van der Waals surface area contributed by atoms with Crippen molar-refractivity contribution in [2.75, 3.05) is 19.6 Å². The highest BCUT2D eigenvalue weighted by atomic mass is 16.2. The molecular weight excluding hydrogens is 783 g/mol. The van der Waals surface area contributed by atoms with Crippen LogP contribution in [0, 0.1) is 23.7 Å². The fourth-order valence-electron chi connectivity index (χ4n) is 11.5. The smallest absolute Gasteiger partial charge is 0.253 e. The number of nitrogens with zero attached hydrogens (tertiary/aromatic N) is 3. The molecule has 63 heavy (non-hydrogen) atoms. The minimum Gasteiger partial charge on any atom is -0.330 e. The summed E-state index contributed by atoms with van der Waals surface area (Å²) in [6, 6.07) is -0.616. The molecule has 0 aromatic heterocycles. The zero-order chi connectivity index (χ0) is 45.5. The van der Waals surface area contributed by atoms with Crippen LogP contribution >= 0.6 is 0 Å². The summed E-state index contributed by atoms with van der Waals surface area (Å²) in [5.41, 5.74) is 0. The van der Waals surface area contributed by atoms with E-state index in [1.807, 2.05) is 0 Å². The van der Waals surface area contributed by atoms with Crippen molar-refractivity contribution in [3.8, 4) is 0 Å². The van der Waals surface area contributed by atoms with Gasteiger partial charge in [0.1, 0.15) is 6.04 Å². The van der Waals surface area contributed by atoms with Gasteiger partial charge in [0.2, 0.25) is 11.8 Å². The van der Waals surface area contributed by atoms with Crippen LogP contribution in [0.15, 0.2) is 12.2 Å². The van der Waals surface area contributed by atoms with Crippen molar-refractivity contribution < 1.29 is 24.0 Å².